The van der Waals surface area contributed by atoms with E-state index in [-0.39, 0.29) is 0 Å². The molecule has 0 bridgehead atoms. The van der Waals surface area contributed by atoms with Gasteiger partial charge in [0.25, 0.3) is 0 Å². The van der Waals surface area contributed by atoms with E-state index in [1.54, 1.807) is 0 Å². The van der Waals surface area contributed by atoms with Crippen molar-refractivity contribution in [2.75, 3.05) is 0 Å². The fourth-order valence-electron chi connectivity index (χ4n) is 2.20. The molecule has 0 heteroatoms. The maximum absolute atomic E-state index is 2.33. The van der Waals surface area contributed by atoms with Gasteiger partial charge in [0.1, 0.15) is 0 Å². The molecule has 0 fully saturated rings. The molecule has 1 aromatic carbocycles. The van der Waals surface area contributed by atoms with Crippen LogP contribution in [0.3, 0.4) is 0 Å². The number of hydrogen-bond acceptors (Lipinski definition) is 0. The molecular weight excluding hydrogens is 180 g/mol. The second-order valence-electron chi connectivity index (χ2n) is 4.73. The average Bonchev–Trinajstić information content (AvgIpc) is 2.26. The van der Waals surface area contributed by atoms with E-state index in [1.807, 2.05) is 0 Å². The van der Waals surface area contributed by atoms with Gasteiger partial charge in [0.15, 0.2) is 0 Å². The van der Waals surface area contributed by atoms with Gasteiger partial charge in [-0.1, -0.05) is 58.4 Å². The van der Waals surface area contributed by atoms with Crippen LogP contribution in [0, 0.1) is 5.92 Å². The largest absolute Gasteiger partial charge is 0.0654 e. The molecule has 0 spiro atoms. The molecule has 0 amide bonds. The molecule has 0 heterocycles. The summed E-state index contributed by atoms with van der Waals surface area (Å²) in [6, 6.07) is 9.19. The Morgan fingerprint density at radius 3 is 2.00 bits per heavy atom. The Balaban J connectivity index is 2.81. The van der Waals surface area contributed by atoms with E-state index in [2.05, 4.69) is 52.0 Å². The quantitative estimate of drug-likeness (QED) is 0.647. The molecule has 0 radical (unpaired) electrons. The highest BCUT2D eigenvalue weighted by Gasteiger charge is 2.14. The third-order valence-electron chi connectivity index (χ3n) is 3.22. The molecule has 0 nitrogen and oxygen atoms in total. The Morgan fingerprint density at radius 1 is 1.00 bits per heavy atom. The van der Waals surface area contributed by atoms with E-state index in [4.69, 9.17) is 0 Å². The summed E-state index contributed by atoms with van der Waals surface area (Å²) in [6.45, 7) is 9.14. The average molecular weight is 204 g/mol. The molecule has 1 atom stereocenters. The van der Waals surface area contributed by atoms with Crippen LogP contribution in [-0.4, -0.2) is 0 Å². The van der Waals surface area contributed by atoms with Crippen LogP contribution in [0.4, 0.5) is 0 Å². The Hall–Kier alpha value is -0.780. The number of hydrogen-bond donors (Lipinski definition) is 0. The van der Waals surface area contributed by atoms with Crippen LogP contribution < -0.4 is 0 Å². The van der Waals surface area contributed by atoms with Crippen molar-refractivity contribution in [2.24, 2.45) is 5.92 Å². The van der Waals surface area contributed by atoms with Crippen LogP contribution in [0.1, 0.15) is 57.6 Å². The van der Waals surface area contributed by atoms with Gasteiger partial charge < -0.3 is 0 Å². The van der Waals surface area contributed by atoms with Gasteiger partial charge in [-0.3, -0.25) is 0 Å². The molecule has 84 valence electrons. The van der Waals surface area contributed by atoms with Crippen LogP contribution >= 0.6 is 0 Å². The summed E-state index contributed by atoms with van der Waals surface area (Å²) in [5.74, 6) is 1.48. The summed E-state index contributed by atoms with van der Waals surface area (Å²) >= 11 is 0. The van der Waals surface area contributed by atoms with Crippen molar-refractivity contribution in [3.05, 3.63) is 35.4 Å². The van der Waals surface area contributed by atoms with Crippen molar-refractivity contribution in [1.82, 2.24) is 0 Å². The SMILES string of the molecule is CCCC(c1ccc(CC)cc1)C(C)C. The highest BCUT2D eigenvalue weighted by atomic mass is 14.2. The van der Waals surface area contributed by atoms with Crippen molar-refractivity contribution in [3.63, 3.8) is 0 Å². The lowest BCUT2D eigenvalue weighted by atomic mass is 9.84. The minimum atomic E-state index is 0.737. The van der Waals surface area contributed by atoms with Crippen LogP contribution in [0.15, 0.2) is 24.3 Å². The van der Waals surface area contributed by atoms with Gasteiger partial charge in [-0.05, 0) is 35.8 Å². The van der Waals surface area contributed by atoms with Crippen LogP contribution in [-0.2, 0) is 6.42 Å². The fourth-order valence-corrected chi connectivity index (χ4v) is 2.20. The topological polar surface area (TPSA) is 0 Å². The lowest BCUT2D eigenvalue weighted by molar-refractivity contribution is 0.463. The lowest BCUT2D eigenvalue weighted by Crippen LogP contribution is -2.06. The second-order valence-corrected chi connectivity index (χ2v) is 4.73. The minimum Gasteiger partial charge on any atom is -0.0654 e. The lowest BCUT2D eigenvalue weighted by Gasteiger charge is -2.21. The first kappa shape index (κ1) is 12.3. The van der Waals surface area contributed by atoms with Gasteiger partial charge in [0.05, 0.1) is 0 Å². The summed E-state index contributed by atoms with van der Waals surface area (Å²) < 4.78 is 0. The van der Waals surface area contributed by atoms with E-state index < -0.39 is 0 Å². The van der Waals surface area contributed by atoms with Gasteiger partial charge in [-0.2, -0.15) is 0 Å². The summed E-state index contributed by atoms with van der Waals surface area (Å²) in [5, 5.41) is 0. The molecule has 15 heavy (non-hydrogen) atoms. The first-order valence-electron chi connectivity index (χ1n) is 6.27. The van der Waals surface area contributed by atoms with Gasteiger partial charge in [-0.15, -0.1) is 0 Å². The Labute approximate surface area is 94.7 Å². The highest BCUT2D eigenvalue weighted by Crippen LogP contribution is 2.29. The van der Waals surface area contributed by atoms with Gasteiger partial charge in [-0.25, -0.2) is 0 Å². The van der Waals surface area contributed by atoms with Crippen LogP contribution in [0.5, 0.6) is 0 Å². The molecule has 1 unspecified atom stereocenters. The fraction of sp³-hybridized carbons (Fsp3) is 0.600. The monoisotopic (exact) mass is 204 g/mol. The Morgan fingerprint density at radius 2 is 1.60 bits per heavy atom. The zero-order chi connectivity index (χ0) is 11.3. The maximum atomic E-state index is 2.33. The molecule has 1 rings (SSSR count). The van der Waals surface area contributed by atoms with E-state index in [9.17, 15) is 0 Å². The molecule has 0 N–H and O–H groups in total. The third kappa shape index (κ3) is 3.37. The minimum absolute atomic E-state index is 0.737. The van der Waals surface area contributed by atoms with E-state index in [0.717, 1.165) is 18.3 Å². The molecule has 0 aliphatic rings. The first-order valence-corrected chi connectivity index (χ1v) is 6.27. The molecule has 1 aromatic rings. The third-order valence-corrected chi connectivity index (χ3v) is 3.22. The normalized spacial score (nSPS) is 13.1. The predicted molar refractivity (Wildman–Crippen MR) is 68.3 cm³/mol. The summed E-state index contributed by atoms with van der Waals surface area (Å²) in [4.78, 5) is 0. The van der Waals surface area contributed by atoms with E-state index in [0.29, 0.717) is 0 Å². The Kier molecular flexibility index (Phi) is 4.87. The second kappa shape index (κ2) is 5.95. The van der Waals surface area contributed by atoms with Crippen molar-refractivity contribution in [2.45, 2.75) is 52.9 Å². The van der Waals surface area contributed by atoms with Crippen molar-refractivity contribution in [1.29, 1.82) is 0 Å². The molecule has 0 aliphatic carbocycles. The summed E-state index contributed by atoms with van der Waals surface area (Å²) in [7, 11) is 0. The van der Waals surface area contributed by atoms with Crippen LogP contribution in [0.25, 0.3) is 0 Å². The van der Waals surface area contributed by atoms with E-state index in [1.165, 1.54) is 24.0 Å². The van der Waals surface area contributed by atoms with Gasteiger partial charge in [0, 0.05) is 0 Å². The number of rotatable bonds is 5. The van der Waals surface area contributed by atoms with Crippen molar-refractivity contribution < 1.29 is 0 Å². The van der Waals surface area contributed by atoms with Crippen molar-refractivity contribution in [3.8, 4) is 0 Å². The zero-order valence-corrected chi connectivity index (χ0v) is 10.6. The maximum Gasteiger partial charge on any atom is -0.0139 e. The highest BCUT2D eigenvalue weighted by molar-refractivity contribution is 5.25. The summed E-state index contributed by atoms with van der Waals surface area (Å²) in [6.07, 6.45) is 3.72. The molecular formula is C15H24. The smallest absolute Gasteiger partial charge is 0.0139 e. The summed E-state index contributed by atoms with van der Waals surface area (Å²) in [5.41, 5.74) is 2.96. The predicted octanol–water partition coefficient (Wildman–Crippen LogP) is 4.79. The standard InChI is InChI=1S/C15H24/c1-5-7-15(12(3)4)14-10-8-13(6-2)9-11-14/h8-12,15H,5-7H2,1-4H3. The Bertz CT molecular complexity index is 269. The van der Waals surface area contributed by atoms with Crippen LogP contribution in [0.2, 0.25) is 0 Å². The number of aryl methyl sites for hydroxylation is 1. The van der Waals surface area contributed by atoms with Crippen molar-refractivity contribution >= 4 is 0 Å². The first-order chi connectivity index (χ1) is 7.19. The molecule has 0 aromatic heterocycles. The zero-order valence-electron chi connectivity index (χ0n) is 10.6. The van der Waals surface area contributed by atoms with E-state index >= 15 is 0 Å². The number of benzene rings is 1. The van der Waals surface area contributed by atoms with Gasteiger partial charge >= 0.3 is 0 Å². The molecule has 0 aliphatic heterocycles. The van der Waals surface area contributed by atoms with Gasteiger partial charge in [0.2, 0.25) is 0 Å². The molecule has 0 saturated carbocycles. The molecule has 0 saturated heterocycles.